The first-order valence-electron chi connectivity index (χ1n) is 12.4. The Labute approximate surface area is 244 Å². The van der Waals surface area contributed by atoms with Crippen molar-refractivity contribution in [1.29, 1.82) is 0 Å². The summed E-state index contributed by atoms with van der Waals surface area (Å²) in [4.78, 5) is 34.0. The number of aryl methyl sites for hydroxylation is 1. The first-order chi connectivity index (χ1) is 18.0. The number of benzene rings is 2. The van der Waals surface area contributed by atoms with Crippen molar-refractivity contribution in [3.05, 3.63) is 71.2 Å². The van der Waals surface area contributed by atoms with Crippen LogP contribution in [0, 0.1) is 6.92 Å². The van der Waals surface area contributed by atoms with Gasteiger partial charge >= 0.3 is 6.03 Å². The molecular formula is C28H31N5O3S3. The summed E-state index contributed by atoms with van der Waals surface area (Å²) >= 11 is 1.28. The van der Waals surface area contributed by atoms with Gasteiger partial charge < -0.3 is 21.1 Å². The molecule has 39 heavy (non-hydrogen) atoms. The second-order valence-corrected chi connectivity index (χ2v) is 10.5. The van der Waals surface area contributed by atoms with Crippen LogP contribution in [0.25, 0.3) is 10.2 Å². The lowest BCUT2D eigenvalue weighted by atomic mass is 9.91. The molecule has 3 heterocycles. The van der Waals surface area contributed by atoms with Crippen molar-refractivity contribution in [3.8, 4) is 11.5 Å². The van der Waals surface area contributed by atoms with Gasteiger partial charge in [0.05, 0.1) is 22.4 Å². The number of hydrogen-bond donors (Lipinski definition) is 3. The Balaban J connectivity index is 0.00000176. The Hall–Kier alpha value is -3.25. The van der Waals surface area contributed by atoms with Gasteiger partial charge in [0.2, 0.25) is 0 Å². The average molecular weight is 582 g/mol. The molecule has 2 aromatic heterocycles. The molecule has 1 aliphatic heterocycles. The van der Waals surface area contributed by atoms with Gasteiger partial charge in [-0.2, -0.15) is 27.0 Å². The molecule has 4 N–H and O–H groups in total. The summed E-state index contributed by atoms with van der Waals surface area (Å²) in [5.41, 5.74) is 9.04. The quantitative estimate of drug-likeness (QED) is 0.256. The molecule has 8 nitrogen and oxygen atoms in total. The summed E-state index contributed by atoms with van der Waals surface area (Å²) in [6, 6.07) is 16.5. The van der Waals surface area contributed by atoms with Gasteiger partial charge in [-0.15, -0.1) is 11.3 Å². The van der Waals surface area contributed by atoms with Gasteiger partial charge in [0.15, 0.2) is 0 Å². The van der Waals surface area contributed by atoms with Crippen LogP contribution in [0.2, 0.25) is 0 Å². The summed E-state index contributed by atoms with van der Waals surface area (Å²) in [5, 5.41) is 6.82. The SMILES string of the molecule is Cc1cc(Oc2ccccc2)ccc1N1C(=O)Nc2c(C(=O)N[C@H]3CCCC[C@@H]3N)sc3nccc1c23.S.S. The van der Waals surface area contributed by atoms with Gasteiger partial charge in [-0.3, -0.25) is 9.69 Å². The van der Waals surface area contributed by atoms with E-state index in [0.717, 1.165) is 48.1 Å². The van der Waals surface area contributed by atoms with Crippen molar-refractivity contribution in [3.63, 3.8) is 0 Å². The van der Waals surface area contributed by atoms with E-state index in [-0.39, 0.29) is 51.0 Å². The van der Waals surface area contributed by atoms with Gasteiger partial charge in [-0.25, -0.2) is 9.78 Å². The van der Waals surface area contributed by atoms with Crippen LogP contribution < -0.4 is 26.0 Å². The molecule has 0 spiro atoms. The van der Waals surface area contributed by atoms with Gasteiger partial charge in [0.25, 0.3) is 5.91 Å². The van der Waals surface area contributed by atoms with Crippen LogP contribution in [0.5, 0.6) is 11.5 Å². The largest absolute Gasteiger partial charge is 0.457 e. The van der Waals surface area contributed by atoms with Crippen LogP contribution in [0.15, 0.2) is 60.8 Å². The zero-order valence-corrected chi connectivity index (χ0v) is 24.2. The van der Waals surface area contributed by atoms with Crippen molar-refractivity contribution in [2.75, 3.05) is 10.2 Å². The van der Waals surface area contributed by atoms with Crippen LogP contribution >= 0.6 is 38.3 Å². The number of rotatable bonds is 5. The Kier molecular flexibility index (Phi) is 8.75. The third-order valence-electron chi connectivity index (χ3n) is 6.98. The first-order valence-corrected chi connectivity index (χ1v) is 13.2. The predicted molar refractivity (Wildman–Crippen MR) is 167 cm³/mol. The van der Waals surface area contributed by atoms with E-state index in [2.05, 4.69) is 15.6 Å². The lowest BCUT2D eigenvalue weighted by Crippen LogP contribution is -2.49. The summed E-state index contributed by atoms with van der Waals surface area (Å²) in [6.45, 7) is 1.94. The summed E-state index contributed by atoms with van der Waals surface area (Å²) in [7, 11) is 0. The smallest absolute Gasteiger partial charge is 0.331 e. The molecule has 204 valence electrons. The number of hydrogen-bond acceptors (Lipinski definition) is 6. The molecule has 1 saturated carbocycles. The minimum atomic E-state index is -0.332. The van der Waals surface area contributed by atoms with Crippen LogP contribution in [-0.2, 0) is 0 Å². The molecule has 2 aliphatic rings. The number of carbonyl (C=O) groups is 2. The van der Waals surface area contributed by atoms with Crippen LogP contribution in [-0.4, -0.2) is 29.0 Å². The lowest BCUT2D eigenvalue weighted by molar-refractivity contribution is 0.0926. The third-order valence-corrected chi connectivity index (χ3v) is 8.07. The van der Waals surface area contributed by atoms with E-state index >= 15 is 0 Å². The Morgan fingerprint density at radius 1 is 1.08 bits per heavy atom. The first kappa shape index (κ1) is 28.8. The highest BCUT2D eigenvalue weighted by molar-refractivity contribution is 7.59. The molecule has 0 bridgehead atoms. The molecule has 3 amide bonds. The van der Waals surface area contributed by atoms with Gasteiger partial charge in [-0.1, -0.05) is 31.0 Å². The zero-order valence-electron chi connectivity index (χ0n) is 21.4. The second-order valence-electron chi connectivity index (χ2n) is 9.47. The number of anilines is 3. The molecule has 0 unspecified atom stereocenters. The van der Waals surface area contributed by atoms with E-state index < -0.39 is 0 Å². The van der Waals surface area contributed by atoms with Gasteiger partial charge in [0, 0.05) is 18.3 Å². The summed E-state index contributed by atoms with van der Waals surface area (Å²) < 4.78 is 5.96. The average Bonchev–Trinajstić information content (AvgIpc) is 3.26. The number of nitrogens with one attached hydrogen (secondary N) is 2. The molecule has 0 radical (unpaired) electrons. The molecule has 0 saturated heterocycles. The fourth-order valence-corrected chi connectivity index (χ4v) is 6.15. The van der Waals surface area contributed by atoms with E-state index in [0.29, 0.717) is 26.8 Å². The molecule has 11 heteroatoms. The molecule has 6 rings (SSSR count). The third kappa shape index (κ3) is 5.44. The van der Waals surface area contributed by atoms with Crippen molar-refractivity contribution in [2.24, 2.45) is 5.73 Å². The number of pyridine rings is 1. The highest BCUT2D eigenvalue weighted by Crippen LogP contribution is 2.46. The molecule has 1 aliphatic carbocycles. The normalized spacial score (nSPS) is 18.0. The van der Waals surface area contributed by atoms with Crippen molar-refractivity contribution in [2.45, 2.75) is 44.7 Å². The van der Waals surface area contributed by atoms with Crippen LogP contribution in [0.1, 0.15) is 40.9 Å². The molecule has 4 aromatic rings. The summed E-state index contributed by atoms with van der Waals surface area (Å²) in [5.74, 6) is 1.20. The fourth-order valence-electron chi connectivity index (χ4n) is 5.12. The predicted octanol–water partition coefficient (Wildman–Crippen LogP) is 6.31. The minimum absolute atomic E-state index is 0. The van der Waals surface area contributed by atoms with Gasteiger partial charge in [0.1, 0.15) is 21.2 Å². The van der Waals surface area contributed by atoms with E-state index in [9.17, 15) is 9.59 Å². The number of ether oxygens (including phenoxy) is 1. The Bertz CT molecular complexity index is 1510. The highest BCUT2D eigenvalue weighted by atomic mass is 32.1. The van der Waals surface area contributed by atoms with Crippen molar-refractivity contribution < 1.29 is 14.3 Å². The fraction of sp³-hybridized carbons (Fsp3) is 0.250. The second kappa shape index (κ2) is 11.9. The molecule has 2 aromatic carbocycles. The van der Waals surface area contributed by atoms with Crippen LogP contribution in [0.4, 0.5) is 21.9 Å². The lowest BCUT2D eigenvalue weighted by Gasteiger charge is -2.30. The number of aromatic nitrogens is 1. The maximum Gasteiger partial charge on any atom is 0.331 e. The van der Waals surface area contributed by atoms with Crippen LogP contribution in [0.3, 0.4) is 0 Å². The standard InChI is InChI=1S/C28H27N5O3S.2H2S/c1-16-15-18(36-17-7-3-2-4-8-17)11-12-21(16)33-22-13-14-30-27-23(22)24(32-28(33)35)25(37-27)26(34)31-20-10-6-5-9-19(20)29;;/h2-4,7-8,11-15,19-20H,5-6,9-10,29H2,1H3,(H,31,34)(H,32,35);2*1H2/t19-,20-;;/m0../s1. The number of nitrogens with zero attached hydrogens (tertiary/aromatic N) is 2. The number of nitrogens with two attached hydrogens (primary N) is 1. The Morgan fingerprint density at radius 2 is 1.85 bits per heavy atom. The van der Waals surface area contributed by atoms with E-state index in [1.807, 2.05) is 61.5 Å². The number of carbonyl (C=O) groups excluding carboxylic acids is 2. The van der Waals surface area contributed by atoms with E-state index in [1.165, 1.54) is 11.3 Å². The monoisotopic (exact) mass is 581 g/mol. The summed E-state index contributed by atoms with van der Waals surface area (Å²) in [6.07, 6.45) is 5.56. The van der Waals surface area contributed by atoms with Gasteiger partial charge in [-0.05, 0) is 61.7 Å². The van der Waals surface area contributed by atoms with E-state index in [4.69, 9.17) is 10.5 Å². The molecular weight excluding hydrogens is 551 g/mol. The number of thiophene rings is 1. The minimum Gasteiger partial charge on any atom is -0.457 e. The maximum atomic E-state index is 13.5. The topological polar surface area (TPSA) is 110 Å². The van der Waals surface area contributed by atoms with Crippen molar-refractivity contribution >= 4 is 77.5 Å². The molecule has 1 fully saturated rings. The maximum absolute atomic E-state index is 13.5. The van der Waals surface area contributed by atoms with Crippen molar-refractivity contribution in [1.82, 2.24) is 10.3 Å². The molecule has 2 atom stereocenters. The highest BCUT2D eigenvalue weighted by Gasteiger charge is 2.34. The Morgan fingerprint density at radius 3 is 2.59 bits per heavy atom. The number of para-hydroxylation sites is 1. The zero-order chi connectivity index (χ0) is 25.5. The number of amides is 3. The number of urea groups is 1. The van der Waals surface area contributed by atoms with E-state index in [1.54, 1.807) is 11.1 Å².